The number of nitrogens with zero attached hydrogens (tertiary/aromatic N) is 3. The van der Waals surface area contributed by atoms with Crippen LogP contribution in [0.25, 0.3) is 5.65 Å². The lowest BCUT2D eigenvalue weighted by molar-refractivity contribution is -0.391. The standard InChI is InChI=1S/C10H11N3O3/c1-7-2-3-9-11-8(4-5-14)6-12(9)10(7)13(15)16/h2-3,6,14H,4-5H2,1H3. The Morgan fingerprint density at radius 1 is 1.56 bits per heavy atom. The molecule has 0 saturated heterocycles. The number of aliphatic hydroxyl groups excluding tert-OH is 1. The normalized spacial score (nSPS) is 10.9. The molecular formula is C10H11N3O3. The van der Waals surface area contributed by atoms with Crippen molar-refractivity contribution in [2.75, 3.05) is 6.61 Å². The van der Waals surface area contributed by atoms with E-state index in [1.807, 2.05) is 0 Å². The number of pyridine rings is 1. The van der Waals surface area contributed by atoms with E-state index in [0.29, 0.717) is 23.3 Å². The molecular weight excluding hydrogens is 210 g/mol. The van der Waals surface area contributed by atoms with Crippen molar-refractivity contribution in [1.29, 1.82) is 0 Å². The first-order valence-electron chi connectivity index (χ1n) is 4.86. The van der Waals surface area contributed by atoms with Gasteiger partial charge in [-0.15, -0.1) is 0 Å². The Morgan fingerprint density at radius 2 is 2.31 bits per heavy atom. The van der Waals surface area contributed by atoms with E-state index in [1.165, 1.54) is 4.40 Å². The topological polar surface area (TPSA) is 80.7 Å². The van der Waals surface area contributed by atoms with E-state index < -0.39 is 4.92 Å². The predicted octanol–water partition coefficient (Wildman–Crippen LogP) is 1.09. The highest BCUT2D eigenvalue weighted by Crippen LogP contribution is 2.20. The van der Waals surface area contributed by atoms with Gasteiger partial charge in [0.2, 0.25) is 5.65 Å². The van der Waals surface area contributed by atoms with Gasteiger partial charge in [0, 0.05) is 24.7 Å². The van der Waals surface area contributed by atoms with Gasteiger partial charge in [0.25, 0.3) is 0 Å². The first kappa shape index (κ1) is 10.6. The summed E-state index contributed by atoms with van der Waals surface area (Å²) in [5.41, 5.74) is 1.77. The summed E-state index contributed by atoms with van der Waals surface area (Å²) in [4.78, 5) is 14.7. The molecule has 6 heteroatoms. The molecule has 2 aromatic rings. The van der Waals surface area contributed by atoms with Gasteiger partial charge < -0.3 is 15.2 Å². The molecule has 84 valence electrons. The summed E-state index contributed by atoms with van der Waals surface area (Å²) in [6, 6.07) is 3.40. The highest BCUT2D eigenvalue weighted by molar-refractivity contribution is 5.49. The summed E-state index contributed by atoms with van der Waals surface area (Å²) in [5, 5.41) is 19.7. The van der Waals surface area contributed by atoms with Crippen molar-refractivity contribution in [2.45, 2.75) is 13.3 Å². The van der Waals surface area contributed by atoms with E-state index in [-0.39, 0.29) is 12.4 Å². The van der Waals surface area contributed by atoms with E-state index in [1.54, 1.807) is 25.3 Å². The third-order valence-corrected chi connectivity index (χ3v) is 2.39. The van der Waals surface area contributed by atoms with Crippen LogP contribution in [0.2, 0.25) is 0 Å². The van der Waals surface area contributed by atoms with Gasteiger partial charge in [-0.1, -0.05) is 0 Å². The zero-order valence-corrected chi connectivity index (χ0v) is 8.75. The fourth-order valence-electron chi connectivity index (χ4n) is 1.66. The molecule has 2 rings (SSSR count). The highest BCUT2D eigenvalue weighted by atomic mass is 16.6. The molecule has 0 fully saturated rings. The summed E-state index contributed by atoms with van der Waals surface area (Å²) >= 11 is 0. The van der Waals surface area contributed by atoms with Gasteiger partial charge in [0.1, 0.15) is 6.20 Å². The number of hydrogen-bond acceptors (Lipinski definition) is 4. The molecule has 0 saturated carbocycles. The summed E-state index contributed by atoms with van der Waals surface area (Å²) < 4.78 is 1.44. The lowest BCUT2D eigenvalue weighted by Crippen LogP contribution is -1.99. The van der Waals surface area contributed by atoms with Crippen LogP contribution in [0.4, 0.5) is 5.82 Å². The van der Waals surface area contributed by atoms with Crippen LogP contribution in [0.1, 0.15) is 11.3 Å². The maximum Gasteiger partial charge on any atom is 0.332 e. The third-order valence-electron chi connectivity index (χ3n) is 2.39. The molecule has 0 aromatic carbocycles. The third kappa shape index (κ3) is 1.63. The lowest BCUT2D eigenvalue weighted by atomic mass is 10.3. The van der Waals surface area contributed by atoms with E-state index in [9.17, 15) is 10.1 Å². The van der Waals surface area contributed by atoms with Crippen LogP contribution in [-0.2, 0) is 6.42 Å². The molecule has 2 aromatic heterocycles. The molecule has 0 aliphatic carbocycles. The van der Waals surface area contributed by atoms with E-state index in [0.717, 1.165) is 0 Å². The van der Waals surface area contributed by atoms with Crippen molar-refractivity contribution in [1.82, 2.24) is 9.38 Å². The summed E-state index contributed by atoms with van der Waals surface area (Å²) in [7, 11) is 0. The fourth-order valence-corrected chi connectivity index (χ4v) is 1.66. The summed E-state index contributed by atoms with van der Waals surface area (Å²) in [6.07, 6.45) is 1.99. The molecule has 0 aliphatic rings. The molecule has 0 spiro atoms. The molecule has 0 radical (unpaired) electrons. The van der Waals surface area contributed by atoms with E-state index >= 15 is 0 Å². The minimum Gasteiger partial charge on any atom is -0.396 e. The largest absolute Gasteiger partial charge is 0.396 e. The average molecular weight is 221 g/mol. The number of aryl methyl sites for hydroxylation is 1. The van der Waals surface area contributed by atoms with Crippen molar-refractivity contribution in [3.8, 4) is 0 Å². The quantitative estimate of drug-likeness (QED) is 0.621. The Kier molecular flexibility index (Phi) is 2.57. The van der Waals surface area contributed by atoms with Gasteiger partial charge in [-0.25, -0.2) is 4.98 Å². The fraction of sp³-hybridized carbons (Fsp3) is 0.300. The van der Waals surface area contributed by atoms with Crippen molar-refractivity contribution >= 4 is 11.5 Å². The highest BCUT2D eigenvalue weighted by Gasteiger charge is 2.17. The Balaban J connectivity index is 2.67. The van der Waals surface area contributed by atoms with Crippen molar-refractivity contribution in [3.63, 3.8) is 0 Å². The first-order chi connectivity index (χ1) is 7.63. The molecule has 16 heavy (non-hydrogen) atoms. The van der Waals surface area contributed by atoms with E-state index in [2.05, 4.69) is 4.98 Å². The second kappa shape index (κ2) is 3.90. The molecule has 0 atom stereocenters. The zero-order chi connectivity index (χ0) is 11.7. The Hall–Kier alpha value is -1.95. The van der Waals surface area contributed by atoms with Crippen LogP contribution in [0.5, 0.6) is 0 Å². The molecule has 1 N–H and O–H groups in total. The number of hydrogen-bond donors (Lipinski definition) is 1. The van der Waals surface area contributed by atoms with Gasteiger partial charge >= 0.3 is 5.82 Å². The van der Waals surface area contributed by atoms with Gasteiger partial charge in [-0.2, -0.15) is 4.40 Å². The Bertz CT molecular complexity index is 547. The van der Waals surface area contributed by atoms with Crippen LogP contribution < -0.4 is 0 Å². The van der Waals surface area contributed by atoms with Gasteiger partial charge in [0.05, 0.1) is 5.69 Å². The number of aliphatic hydroxyl groups is 1. The lowest BCUT2D eigenvalue weighted by Gasteiger charge is -1.99. The summed E-state index contributed by atoms with van der Waals surface area (Å²) in [5.74, 6) is 0.0224. The minimum atomic E-state index is -0.424. The summed E-state index contributed by atoms with van der Waals surface area (Å²) in [6.45, 7) is 1.67. The van der Waals surface area contributed by atoms with Crippen LogP contribution >= 0.6 is 0 Å². The Labute approximate surface area is 91.3 Å². The molecule has 0 bridgehead atoms. The molecule has 0 aliphatic heterocycles. The number of rotatable bonds is 3. The van der Waals surface area contributed by atoms with Crippen LogP contribution in [0.15, 0.2) is 18.3 Å². The van der Waals surface area contributed by atoms with Crippen LogP contribution in [-0.4, -0.2) is 26.0 Å². The number of aromatic nitrogens is 2. The van der Waals surface area contributed by atoms with Crippen molar-refractivity contribution in [2.24, 2.45) is 0 Å². The SMILES string of the molecule is Cc1ccc2nc(CCO)cn2c1[N+](=O)[O-]. The Morgan fingerprint density at radius 3 is 2.94 bits per heavy atom. The number of nitro groups is 1. The molecule has 0 amide bonds. The zero-order valence-electron chi connectivity index (χ0n) is 8.75. The molecule has 0 unspecified atom stereocenters. The predicted molar refractivity (Wildman–Crippen MR) is 57.4 cm³/mol. The molecule has 6 nitrogen and oxygen atoms in total. The molecule has 2 heterocycles. The maximum absolute atomic E-state index is 10.9. The van der Waals surface area contributed by atoms with Gasteiger partial charge in [-0.05, 0) is 17.9 Å². The smallest absolute Gasteiger partial charge is 0.332 e. The monoisotopic (exact) mass is 221 g/mol. The second-order valence-corrected chi connectivity index (χ2v) is 3.53. The van der Waals surface area contributed by atoms with Crippen LogP contribution in [0, 0.1) is 17.0 Å². The van der Waals surface area contributed by atoms with Crippen LogP contribution in [0.3, 0.4) is 0 Å². The average Bonchev–Trinajstić information content (AvgIpc) is 2.59. The van der Waals surface area contributed by atoms with E-state index in [4.69, 9.17) is 5.11 Å². The first-order valence-corrected chi connectivity index (χ1v) is 4.86. The van der Waals surface area contributed by atoms with Gasteiger partial charge in [-0.3, -0.25) is 0 Å². The van der Waals surface area contributed by atoms with Crippen molar-refractivity contribution in [3.05, 3.63) is 39.7 Å². The number of imidazole rings is 1. The minimum absolute atomic E-state index is 0.0172. The number of fused-ring (bicyclic) bond motifs is 1. The van der Waals surface area contributed by atoms with Gasteiger partial charge in [0.15, 0.2) is 0 Å². The maximum atomic E-state index is 10.9. The van der Waals surface area contributed by atoms with Crippen molar-refractivity contribution < 1.29 is 10.0 Å². The second-order valence-electron chi connectivity index (χ2n) is 3.53.